The van der Waals surface area contributed by atoms with Gasteiger partial charge in [0.15, 0.2) is 0 Å². The molecule has 2 fully saturated rings. The Labute approximate surface area is 211 Å². The molecule has 5 rings (SSSR count). The molecule has 0 unspecified atom stereocenters. The Morgan fingerprint density at radius 1 is 0.806 bits per heavy atom. The molecule has 3 heterocycles. The summed E-state index contributed by atoms with van der Waals surface area (Å²) >= 11 is 0. The predicted molar refractivity (Wildman–Crippen MR) is 141 cm³/mol. The number of benzene rings is 2. The van der Waals surface area contributed by atoms with Crippen molar-refractivity contribution in [1.29, 1.82) is 0 Å². The lowest BCUT2D eigenvalue weighted by Crippen LogP contribution is -2.34. The van der Waals surface area contributed by atoms with Gasteiger partial charge in [-0.1, -0.05) is 30.3 Å². The van der Waals surface area contributed by atoms with E-state index in [1.54, 1.807) is 42.6 Å². The molecule has 0 atom stereocenters. The number of esters is 1. The zero-order valence-corrected chi connectivity index (χ0v) is 20.3. The third-order valence-electron chi connectivity index (χ3n) is 6.35. The molecule has 3 aromatic rings. The highest BCUT2D eigenvalue weighted by molar-refractivity contribution is 5.91. The van der Waals surface area contributed by atoms with Crippen LogP contribution in [-0.2, 0) is 0 Å². The van der Waals surface area contributed by atoms with Gasteiger partial charge in [-0.25, -0.2) is 10.2 Å². The van der Waals surface area contributed by atoms with Crippen LogP contribution < -0.4 is 20.0 Å². The molecule has 2 aliphatic heterocycles. The third kappa shape index (κ3) is 6.16. The van der Waals surface area contributed by atoms with Gasteiger partial charge in [-0.2, -0.15) is 20.1 Å². The molecule has 36 heavy (non-hydrogen) atoms. The van der Waals surface area contributed by atoms with Crippen molar-refractivity contribution >= 4 is 30.0 Å². The maximum absolute atomic E-state index is 12.4. The minimum atomic E-state index is -0.400. The number of hydrazone groups is 1. The number of hydrogen-bond acceptors (Lipinski definition) is 9. The SMILES string of the molecule is O=C(Oc1cccc(/C=N\Nc2nc(N3CCCCC3)nc(N3CCCCC3)n2)c1)c1ccccc1. The van der Waals surface area contributed by atoms with Gasteiger partial charge in [-0.05, 0) is 68.4 Å². The van der Waals surface area contributed by atoms with Crippen LogP contribution in [0, 0.1) is 0 Å². The molecule has 0 aliphatic carbocycles. The number of nitrogens with one attached hydrogen (secondary N) is 1. The molecule has 2 saturated heterocycles. The van der Waals surface area contributed by atoms with Gasteiger partial charge in [0.25, 0.3) is 0 Å². The Kier molecular flexibility index (Phi) is 7.65. The van der Waals surface area contributed by atoms with Crippen LogP contribution in [0.15, 0.2) is 59.7 Å². The van der Waals surface area contributed by atoms with E-state index in [4.69, 9.17) is 9.72 Å². The Hall–Kier alpha value is -4.01. The van der Waals surface area contributed by atoms with Crippen molar-refractivity contribution in [3.63, 3.8) is 0 Å². The molecule has 1 N–H and O–H groups in total. The van der Waals surface area contributed by atoms with Crippen molar-refractivity contribution < 1.29 is 9.53 Å². The normalized spacial score (nSPS) is 16.2. The van der Waals surface area contributed by atoms with Crippen LogP contribution in [0.3, 0.4) is 0 Å². The van der Waals surface area contributed by atoms with E-state index < -0.39 is 5.97 Å². The zero-order valence-electron chi connectivity index (χ0n) is 20.3. The summed E-state index contributed by atoms with van der Waals surface area (Å²) in [5, 5.41) is 4.36. The van der Waals surface area contributed by atoms with Gasteiger partial charge in [-0.3, -0.25) is 0 Å². The maximum atomic E-state index is 12.4. The summed E-state index contributed by atoms with van der Waals surface area (Å²) in [4.78, 5) is 30.9. The van der Waals surface area contributed by atoms with Gasteiger partial charge >= 0.3 is 5.97 Å². The Morgan fingerprint density at radius 3 is 2.08 bits per heavy atom. The largest absolute Gasteiger partial charge is 0.423 e. The molecule has 9 nitrogen and oxygen atoms in total. The number of nitrogens with zero attached hydrogens (tertiary/aromatic N) is 6. The van der Waals surface area contributed by atoms with Crippen molar-refractivity contribution in [3.05, 3.63) is 65.7 Å². The summed E-state index contributed by atoms with van der Waals surface area (Å²) in [5.41, 5.74) is 4.27. The highest BCUT2D eigenvalue weighted by atomic mass is 16.5. The Balaban J connectivity index is 1.29. The van der Waals surface area contributed by atoms with E-state index in [0.29, 0.717) is 29.2 Å². The fraction of sp³-hybridized carbons (Fsp3) is 0.370. The van der Waals surface area contributed by atoms with Crippen molar-refractivity contribution in [2.45, 2.75) is 38.5 Å². The molecular weight excluding hydrogens is 454 g/mol. The maximum Gasteiger partial charge on any atom is 0.343 e. The molecule has 0 spiro atoms. The smallest absolute Gasteiger partial charge is 0.343 e. The highest BCUT2D eigenvalue weighted by Crippen LogP contribution is 2.22. The summed E-state index contributed by atoms with van der Waals surface area (Å²) in [7, 11) is 0. The first-order valence-electron chi connectivity index (χ1n) is 12.7. The van der Waals surface area contributed by atoms with E-state index in [-0.39, 0.29) is 0 Å². The molecule has 0 radical (unpaired) electrons. The van der Waals surface area contributed by atoms with Crippen LogP contribution in [0.5, 0.6) is 5.75 Å². The lowest BCUT2D eigenvalue weighted by atomic mass is 10.1. The van der Waals surface area contributed by atoms with Crippen LogP contribution in [-0.4, -0.2) is 53.3 Å². The fourth-order valence-electron chi connectivity index (χ4n) is 4.44. The predicted octanol–water partition coefficient (Wildman–Crippen LogP) is 4.52. The van der Waals surface area contributed by atoms with E-state index in [2.05, 4.69) is 30.3 Å². The number of carbonyl (C=O) groups is 1. The quantitative estimate of drug-likeness (QED) is 0.226. The van der Waals surface area contributed by atoms with Crippen LogP contribution >= 0.6 is 0 Å². The molecule has 0 bridgehead atoms. The van der Waals surface area contributed by atoms with Crippen LogP contribution in [0.4, 0.5) is 17.8 Å². The standard InChI is InChI=1S/C27H31N7O2/c35-24(22-12-4-1-5-13-22)36-23-14-10-11-21(19-23)20-28-32-25-29-26(33-15-6-2-7-16-33)31-27(30-25)34-17-8-3-9-18-34/h1,4-5,10-14,19-20H,2-3,6-9,15-18H2,(H,29,30,31,32)/b28-20-. The van der Waals surface area contributed by atoms with Crippen molar-refractivity contribution in [2.24, 2.45) is 5.10 Å². The average Bonchev–Trinajstić information content (AvgIpc) is 2.94. The number of piperidine rings is 2. The van der Waals surface area contributed by atoms with Gasteiger partial charge in [0.2, 0.25) is 17.8 Å². The van der Waals surface area contributed by atoms with E-state index in [1.807, 2.05) is 18.2 Å². The number of anilines is 3. The molecule has 186 valence electrons. The number of ether oxygens (including phenoxy) is 1. The lowest BCUT2D eigenvalue weighted by Gasteiger charge is -2.30. The summed E-state index contributed by atoms with van der Waals surface area (Å²) in [5.74, 6) is 1.89. The second-order valence-electron chi connectivity index (χ2n) is 9.05. The zero-order chi connectivity index (χ0) is 24.6. The van der Waals surface area contributed by atoms with E-state index >= 15 is 0 Å². The first-order valence-corrected chi connectivity index (χ1v) is 12.7. The van der Waals surface area contributed by atoms with Crippen molar-refractivity contribution in [2.75, 3.05) is 41.4 Å². The minimum Gasteiger partial charge on any atom is -0.423 e. The molecule has 0 amide bonds. The van der Waals surface area contributed by atoms with E-state index in [0.717, 1.165) is 57.4 Å². The number of hydrogen-bond donors (Lipinski definition) is 1. The number of carbonyl (C=O) groups excluding carboxylic acids is 1. The first-order chi connectivity index (χ1) is 17.7. The highest BCUT2D eigenvalue weighted by Gasteiger charge is 2.20. The van der Waals surface area contributed by atoms with E-state index in [9.17, 15) is 4.79 Å². The van der Waals surface area contributed by atoms with Crippen LogP contribution in [0.2, 0.25) is 0 Å². The number of rotatable bonds is 7. The molecule has 1 aromatic heterocycles. The number of aromatic nitrogens is 3. The second-order valence-corrected chi connectivity index (χ2v) is 9.05. The fourth-order valence-corrected chi connectivity index (χ4v) is 4.44. The van der Waals surface area contributed by atoms with Gasteiger partial charge in [-0.15, -0.1) is 0 Å². The molecule has 0 saturated carbocycles. The molecular formula is C27H31N7O2. The van der Waals surface area contributed by atoms with Gasteiger partial charge in [0.05, 0.1) is 11.8 Å². The minimum absolute atomic E-state index is 0.400. The topological polar surface area (TPSA) is 95.8 Å². The Morgan fingerprint density at radius 2 is 1.44 bits per heavy atom. The van der Waals surface area contributed by atoms with Crippen LogP contribution in [0.25, 0.3) is 0 Å². The van der Waals surface area contributed by atoms with Gasteiger partial charge in [0, 0.05) is 26.2 Å². The lowest BCUT2D eigenvalue weighted by molar-refractivity contribution is 0.0735. The van der Waals surface area contributed by atoms with Gasteiger partial charge < -0.3 is 14.5 Å². The van der Waals surface area contributed by atoms with Crippen LogP contribution in [0.1, 0.15) is 54.4 Å². The molecule has 9 heteroatoms. The third-order valence-corrected chi connectivity index (χ3v) is 6.35. The summed E-state index contributed by atoms with van der Waals surface area (Å²) in [6, 6.07) is 16.1. The monoisotopic (exact) mass is 485 g/mol. The first kappa shape index (κ1) is 23.7. The summed E-state index contributed by atoms with van der Waals surface area (Å²) < 4.78 is 5.51. The second kappa shape index (κ2) is 11.6. The van der Waals surface area contributed by atoms with E-state index in [1.165, 1.54) is 12.8 Å². The summed E-state index contributed by atoms with van der Waals surface area (Å²) in [6.45, 7) is 3.84. The van der Waals surface area contributed by atoms with Gasteiger partial charge in [0.1, 0.15) is 5.75 Å². The average molecular weight is 486 g/mol. The summed E-state index contributed by atoms with van der Waals surface area (Å²) in [6.07, 6.45) is 8.75. The Bertz CT molecular complexity index is 1150. The molecule has 2 aromatic carbocycles. The molecule has 2 aliphatic rings. The van der Waals surface area contributed by atoms with Crippen molar-refractivity contribution in [3.8, 4) is 5.75 Å². The van der Waals surface area contributed by atoms with Crippen molar-refractivity contribution in [1.82, 2.24) is 15.0 Å².